The van der Waals surface area contributed by atoms with Crippen LogP contribution < -0.4 is 5.43 Å². The Balaban J connectivity index is 1.70. The molecule has 27 heavy (non-hydrogen) atoms. The molecule has 4 rings (SSSR count). The molecule has 3 aromatic carbocycles. The van der Waals surface area contributed by atoms with Crippen molar-refractivity contribution in [3.63, 3.8) is 0 Å². The number of nitrogens with zero attached hydrogens (tertiary/aromatic N) is 1. The fraction of sp³-hybridized carbons (Fsp3) is 0.0909. The van der Waals surface area contributed by atoms with E-state index in [2.05, 4.69) is 0 Å². The van der Waals surface area contributed by atoms with Crippen LogP contribution in [0.25, 0.3) is 21.8 Å². The van der Waals surface area contributed by atoms with Crippen LogP contribution >= 0.6 is 11.6 Å². The molecule has 4 nitrogen and oxygen atoms in total. The molecule has 5 heteroatoms. The second kappa shape index (κ2) is 7.25. The molecular weight excluding hydrogens is 362 g/mol. The van der Waals surface area contributed by atoms with Crippen LogP contribution in [0.5, 0.6) is 0 Å². The summed E-state index contributed by atoms with van der Waals surface area (Å²) in [7, 11) is 0. The lowest BCUT2D eigenvalue weighted by Crippen LogP contribution is -2.18. The first-order chi connectivity index (χ1) is 13.1. The minimum Gasteiger partial charge on any atom is -0.459 e. The van der Waals surface area contributed by atoms with Gasteiger partial charge in [0, 0.05) is 21.4 Å². The number of pyridine rings is 1. The summed E-state index contributed by atoms with van der Waals surface area (Å²) < 4.78 is 7.24. The van der Waals surface area contributed by atoms with Gasteiger partial charge >= 0.3 is 5.97 Å². The summed E-state index contributed by atoms with van der Waals surface area (Å²) in [5, 5.41) is 1.72. The van der Waals surface area contributed by atoms with Crippen molar-refractivity contribution in [2.45, 2.75) is 13.2 Å². The lowest BCUT2D eigenvalue weighted by Gasteiger charge is -2.15. The summed E-state index contributed by atoms with van der Waals surface area (Å²) in [6.45, 7) is 0.111. The first kappa shape index (κ1) is 17.3. The molecule has 0 saturated heterocycles. The predicted octanol–water partition coefficient (Wildman–Crippen LogP) is 4.55. The largest absolute Gasteiger partial charge is 0.459 e. The molecule has 0 spiro atoms. The molecule has 134 valence electrons. The van der Waals surface area contributed by atoms with Gasteiger partial charge in [-0.3, -0.25) is 9.59 Å². The zero-order chi connectivity index (χ0) is 18.8. The first-order valence-corrected chi connectivity index (χ1v) is 8.92. The van der Waals surface area contributed by atoms with Gasteiger partial charge in [0.05, 0.1) is 11.0 Å². The van der Waals surface area contributed by atoms with Gasteiger partial charge in [-0.15, -0.1) is 0 Å². The molecule has 0 aliphatic heterocycles. The first-order valence-electron chi connectivity index (χ1n) is 8.54. The summed E-state index contributed by atoms with van der Waals surface area (Å²) in [4.78, 5) is 25.2. The standard InChI is InChI=1S/C22H16ClNO3/c23-18-10-4-1-7-15(18)14-27-21(25)13-24-19-11-5-2-8-16(19)22(26)17-9-3-6-12-20(17)24/h1-12H,13-14H2. The molecule has 0 N–H and O–H groups in total. The van der Waals surface area contributed by atoms with E-state index in [-0.39, 0.29) is 18.6 Å². The third-order valence-electron chi connectivity index (χ3n) is 4.51. The Hall–Kier alpha value is -3.11. The van der Waals surface area contributed by atoms with Gasteiger partial charge in [-0.1, -0.05) is 54.1 Å². The van der Waals surface area contributed by atoms with Crippen LogP contribution in [0.2, 0.25) is 5.02 Å². The van der Waals surface area contributed by atoms with Gasteiger partial charge in [0.1, 0.15) is 13.2 Å². The van der Waals surface area contributed by atoms with Gasteiger partial charge in [-0.05, 0) is 30.3 Å². The van der Waals surface area contributed by atoms with Crippen molar-refractivity contribution in [1.29, 1.82) is 0 Å². The quantitative estimate of drug-likeness (QED) is 0.387. The molecule has 0 saturated carbocycles. The fourth-order valence-corrected chi connectivity index (χ4v) is 3.39. The normalized spacial score (nSPS) is 11.0. The average Bonchev–Trinajstić information content (AvgIpc) is 2.70. The number of halogens is 1. The van der Waals surface area contributed by atoms with E-state index in [1.54, 1.807) is 18.2 Å². The van der Waals surface area contributed by atoms with E-state index in [1.165, 1.54) is 0 Å². The minimum absolute atomic E-state index is 0.00571. The number of carbonyl (C=O) groups excluding carboxylic acids is 1. The van der Waals surface area contributed by atoms with Crippen molar-refractivity contribution in [2.24, 2.45) is 0 Å². The number of carbonyl (C=O) groups is 1. The Bertz CT molecular complexity index is 1150. The molecule has 0 amide bonds. The predicted molar refractivity (Wildman–Crippen MR) is 107 cm³/mol. The highest BCUT2D eigenvalue weighted by atomic mass is 35.5. The number of esters is 1. The number of hydrogen-bond donors (Lipinski definition) is 0. The molecule has 0 aliphatic carbocycles. The zero-order valence-corrected chi connectivity index (χ0v) is 15.1. The molecule has 0 atom stereocenters. The van der Waals surface area contributed by atoms with Crippen LogP contribution in [0.1, 0.15) is 5.56 Å². The van der Waals surface area contributed by atoms with Crippen molar-refractivity contribution >= 4 is 39.4 Å². The zero-order valence-electron chi connectivity index (χ0n) is 14.4. The number of ether oxygens (including phenoxy) is 1. The molecule has 0 fully saturated rings. The van der Waals surface area contributed by atoms with Crippen molar-refractivity contribution in [2.75, 3.05) is 0 Å². The highest BCUT2D eigenvalue weighted by Gasteiger charge is 2.14. The molecule has 4 aromatic rings. The van der Waals surface area contributed by atoms with Gasteiger partial charge in [-0.25, -0.2) is 0 Å². The van der Waals surface area contributed by atoms with Crippen LogP contribution in [0.4, 0.5) is 0 Å². The average molecular weight is 378 g/mol. The molecular formula is C22H16ClNO3. The van der Waals surface area contributed by atoms with E-state index in [4.69, 9.17) is 16.3 Å². The number of hydrogen-bond acceptors (Lipinski definition) is 3. The third-order valence-corrected chi connectivity index (χ3v) is 4.88. The molecule has 0 unspecified atom stereocenters. The summed E-state index contributed by atoms with van der Waals surface area (Å²) in [6, 6.07) is 21.8. The number of fused-ring (bicyclic) bond motifs is 2. The van der Waals surface area contributed by atoms with Crippen LogP contribution in [0.15, 0.2) is 77.6 Å². The second-order valence-corrected chi connectivity index (χ2v) is 6.61. The second-order valence-electron chi connectivity index (χ2n) is 6.20. The van der Waals surface area contributed by atoms with E-state index >= 15 is 0 Å². The van der Waals surface area contributed by atoms with Gasteiger partial charge in [0.25, 0.3) is 0 Å². The van der Waals surface area contributed by atoms with Crippen molar-refractivity contribution in [3.05, 3.63) is 93.6 Å². The Morgan fingerprint density at radius 1 is 0.852 bits per heavy atom. The van der Waals surface area contributed by atoms with Gasteiger partial charge in [-0.2, -0.15) is 0 Å². The minimum atomic E-state index is -0.395. The third kappa shape index (κ3) is 3.32. The highest BCUT2D eigenvalue weighted by molar-refractivity contribution is 6.31. The fourth-order valence-electron chi connectivity index (χ4n) is 3.20. The topological polar surface area (TPSA) is 48.3 Å². The smallest absolute Gasteiger partial charge is 0.326 e. The number of aromatic nitrogens is 1. The van der Waals surface area contributed by atoms with Crippen LogP contribution in [-0.2, 0) is 22.7 Å². The van der Waals surface area contributed by atoms with E-state index in [9.17, 15) is 9.59 Å². The van der Waals surface area contributed by atoms with E-state index in [0.717, 1.165) is 5.56 Å². The van der Waals surface area contributed by atoms with Crippen LogP contribution in [-0.4, -0.2) is 10.5 Å². The summed E-state index contributed by atoms with van der Waals surface area (Å²) in [5.74, 6) is -0.395. The Morgan fingerprint density at radius 2 is 1.41 bits per heavy atom. The Kier molecular flexibility index (Phi) is 4.65. The lowest BCUT2D eigenvalue weighted by atomic mass is 10.1. The highest BCUT2D eigenvalue weighted by Crippen LogP contribution is 2.20. The molecule has 0 radical (unpaired) electrons. The summed E-state index contributed by atoms with van der Waals surface area (Å²) >= 11 is 6.11. The van der Waals surface area contributed by atoms with Gasteiger partial charge in [0.2, 0.25) is 0 Å². The maximum absolute atomic E-state index is 12.7. The molecule has 0 aliphatic rings. The van der Waals surface area contributed by atoms with Gasteiger partial charge < -0.3 is 9.30 Å². The maximum atomic E-state index is 12.7. The molecule has 1 heterocycles. The van der Waals surface area contributed by atoms with Gasteiger partial charge in [0.15, 0.2) is 5.43 Å². The Morgan fingerprint density at radius 3 is 2.04 bits per heavy atom. The van der Waals surface area contributed by atoms with Crippen molar-refractivity contribution in [1.82, 2.24) is 4.57 Å². The van der Waals surface area contributed by atoms with Crippen LogP contribution in [0, 0.1) is 0 Å². The SMILES string of the molecule is O=C(Cn1c2ccccc2c(=O)c2ccccc21)OCc1ccccc1Cl. The molecule has 1 aromatic heterocycles. The lowest BCUT2D eigenvalue weighted by molar-refractivity contribution is -0.145. The summed E-state index contributed by atoms with van der Waals surface area (Å²) in [5.41, 5.74) is 2.12. The van der Waals surface area contributed by atoms with Crippen molar-refractivity contribution in [3.8, 4) is 0 Å². The Labute approximate surface area is 160 Å². The number of rotatable bonds is 4. The molecule has 0 bridgehead atoms. The number of benzene rings is 3. The van der Waals surface area contributed by atoms with E-state index in [0.29, 0.717) is 26.8 Å². The van der Waals surface area contributed by atoms with Crippen molar-refractivity contribution < 1.29 is 9.53 Å². The summed E-state index contributed by atoms with van der Waals surface area (Å²) in [6.07, 6.45) is 0. The van der Waals surface area contributed by atoms with Crippen LogP contribution in [0.3, 0.4) is 0 Å². The van der Waals surface area contributed by atoms with E-state index in [1.807, 2.05) is 59.2 Å². The van der Waals surface area contributed by atoms with E-state index < -0.39 is 5.97 Å². The number of para-hydroxylation sites is 2. The monoisotopic (exact) mass is 377 g/mol. The maximum Gasteiger partial charge on any atom is 0.326 e.